The normalized spacial score (nSPS) is 8.33. The quantitative estimate of drug-likeness (QED) is 0.892. The number of carbonyl (C=O) groups excluding carboxylic acids is 1. The van der Waals surface area contributed by atoms with Gasteiger partial charge in [0, 0.05) is 24.9 Å². The topological polar surface area (TPSA) is 42.0 Å². The number of hydrogen-bond acceptors (Lipinski definition) is 2. The predicted molar refractivity (Wildman–Crippen MR) is 78.7 cm³/mol. The van der Waals surface area contributed by atoms with Crippen LogP contribution >= 0.6 is 0 Å². The second-order valence-corrected chi connectivity index (χ2v) is 3.15. The summed E-state index contributed by atoms with van der Waals surface area (Å²) in [4.78, 5) is 15.4. The van der Waals surface area contributed by atoms with Crippen LogP contribution in [0.4, 0.5) is 0 Å². The monoisotopic (exact) mass is 252 g/mol. The summed E-state index contributed by atoms with van der Waals surface area (Å²) in [6.07, 6.45) is 2.16. The van der Waals surface area contributed by atoms with E-state index in [-0.39, 0.29) is 5.91 Å². The molecule has 1 amide bonds. The van der Waals surface area contributed by atoms with E-state index in [0.717, 1.165) is 17.8 Å². The van der Waals surface area contributed by atoms with E-state index in [0.29, 0.717) is 12.8 Å². The van der Waals surface area contributed by atoms with Crippen LogP contribution in [0.2, 0.25) is 0 Å². The minimum Gasteiger partial charge on any atom is -0.359 e. The molecule has 1 rings (SSSR count). The van der Waals surface area contributed by atoms with E-state index < -0.39 is 0 Å². The van der Waals surface area contributed by atoms with Crippen molar-refractivity contribution in [3.05, 3.63) is 29.6 Å². The Morgan fingerprint density at radius 3 is 2.22 bits per heavy atom. The van der Waals surface area contributed by atoms with Crippen LogP contribution in [0.3, 0.4) is 0 Å². The standard InChI is InChI=1S/C11H16N2O.2C2H6/c1-3-9-5-4-6-10(13-9)7-8-11(14)12-2;2*1-2/h4-6H,3,7-8H2,1-2H3,(H,12,14);2*1-2H3. The summed E-state index contributed by atoms with van der Waals surface area (Å²) < 4.78 is 0. The lowest BCUT2D eigenvalue weighted by Gasteiger charge is -2.02. The van der Waals surface area contributed by atoms with Crippen molar-refractivity contribution in [3.63, 3.8) is 0 Å². The van der Waals surface area contributed by atoms with Gasteiger partial charge in [0.25, 0.3) is 0 Å². The molecule has 1 N–H and O–H groups in total. The van der Waals surface area contributed by atoms with Gasteiger partial charge in [0.15, 0.2) is 0 Å². The van der Waals surface area contributed by atoms with Crippen LogP contribution in [0.25, 0.3) is 0 Å². The number of aryl methyl sites for hydroxylation is 2. The average Bonchev–Trinajstić information content (AvgIpc) is 2.49. The minimum absolute atomic E-state index is 0.0636. The third-order valence-electron chi connectivity index (χ3n) is 2.11. The van der Waals surface area contributed by atoms with Crippen LogP contribution < -0.4 is 5.32 Å². The van der Waals surface area contributed by atoms with Crippen molar-refractivity contribution in [1.82, 2.24) is 10.3 Å². The van der Waals surface area contributed by atoms with Crippen molar-refractivity contribution < 1.29 is 4.79 Å². The van der Waals surface area contributed by atoms with Crippen molar-refractivity contribution in [2.75, 3.05) is 7.05 Å². The summed E-state index contributed by atoms with van der Waals surface area (Å²) in [7, 11) is 1.65. The van der Waals surface area contributed by atoms with E-state index in [1.54, 1.807) is 7.05 Å². The van der Waals surface area contributed by atoms with Crippen molar-refractivity contribution in [3.8, 4) is 0 Å². The number of hydrogen-bond donors (Lipinski definition) is 1. The number of pyridine rings is 1. The van der Waals surface area contributed by atoms with Crippen LogP contribution in [0, 0.1) is 0 Å². The first kappa shape index (κ1) is 19.0. The molecule has 1 aromatic heterocycles. The summed E-state index contributed by atoms with van der Waals surface area (Å²) in [5, 5.41) is 2.60. The molecule has 1 heterocycles. The molecule has 0 aliphatic heterocycles. The fraction of sp³-hybridized carbons (Fsp3) is 0.600. The van der Waals surface area contributed by atoms with E-state index in [2.05, 4.69) is 17.2 Å². The Hall–Kier alpha value is -1.38. The van der Waals surface area contributed by atoms with Crippen molar-refractivity contribution in [2.24, 2.45) is 0 Å². The summed E-state index contributed by atoms with van der Waals surface area (Å²) in [5.41, 5.74) is 2.08. The maximum atomic E-state index is 11.0. The fourth-order valence-corrected chi connectivity index (χ4v) is 1.23. The lowest BCUT2D eigenvalue weighted by atomic mass is 10.2. The first-order chi connectivity index (χ1) is 8.76. The predicted octanol–water partition coefficient (Wildman–Crippen LogP) is 3.38. The van der Waals surface area contributed by atoms with Gasteiger partial charge in [-0.2, -0.15) is 0 Å². The molecule has 1 aromatic rings. The number of nitrogens with zero attached hydrogens (tertiary/aromatic N) is 1. The van der Waals surface area contributed by atoms with Gasteiger partial charge in [-0.25, -0.2) is 0 Å². The van der Waals surface area contributed by atoms with E-state index in [1.807, 2.05) is 45.9 Å². The molecule has 0 aromatic carbocycles. The molecule has 0 bridgehead atoms. The zero-order valence-electron chi connectivity index (χ0n) is 12.7. The molecule has 104 valence electrons. The van der Waals surface area contributed by atoms with Gasteiger partial charge in [-0.15, -0.1) is 0 Å². The van der Waals surface area contributed by atoms with E-state index in [1.165, 1.54) is 0 Å². The molecule has 0 aliphatic carbocycles. The van der Waals surface area contributed by atoms with E-state index in [9.17, 15) is 4.79 Å². The minimum atomic E-state index is 0.0636. The number of amides is 1. The maximum absolute atomic E-state index is 11.0. The summed E-state index contributed by atoms with van der Waals surface area (Å²) in [6.45, 7) is 10.1. The third-order valence-corrected chi connectivity index (χ3v) is 2.11. The largest absolute Gasteiger partial charge is 0.359 e. The molecule has 0 radical (unpaired) electrons. The second-order valence-electron chi connectivity index (χ2n) is 3.15. The highest BCUT2D eigenvalue weighted by Crippen LogP contribution is 2.02. The summed E-state index contributed by atoms with van der Waals surface area (Å²) in [6, 6.07) is 5.95. The third kappa shape index (κ3) is 8.74. The highest BCUT2D eigenvalue weighted by molar-refractivity contribution is 5.75. The Morgan fingerprint density at radius 2 is 1.72 bits per heavy atom. The lowest BCUT2D eigenvalue weighted by Crippen LogP contribution is -2.18. The molecule has 0 aliphatic rings. The summed E-state index contributed by atoms with van der Waals surface area (Å²) in [5.74, 6) is 0.0636. The molecule has 0 atom stereocenters. The molecule has 0 saturated heterocycles. The Morgan fingerprint density at radius 1 is 1.17 bits per heavy atom. The van der Waals surface area contributed by atoms with Crippen LogP contribution in [0.15, 0.2) is 18.2 Å². The van der Waals surface area contributed by atoms with Crippen molar-refractivity contribution in [2.45, 2.75) is 53.9 Å². The Balaban J connectivity index is 0. The Bertz CT molecular complexity index is 311. The number of nitrogens with one attached hydrogen (secondary N) is 1. The molecule has 0 fully saturated rings. The van der Waals surface area contributed by atoms with Gasteiger partial charge in [-0.1, -0.05) is 40.7 Å². The molecule has 18 heavy (non-hydrogen) atoms. The van der Waals surface area contributed by atoms with Crippen LogP contribution in [-0.2, 0) is 17.6 Å². The van der Waals surface area contributed by atoms with E-state index in [4.69, 9.17) is 0 Å². The highest BCUT2D eigenvalue weighted by Gasteiger charge is 2.00. The number of aromatic nitrogens is 1. The maximum Gasteiger partial charge on any atom is 0.220 e. The zero-order chi connectivity index (χ0) is 14.4. The molecule has 3 nitrogen and oxygen atoms in total. The first-order valence-electron chi connectivity index (χ1n) is 6.91. The van der Waals surface area contributed by atoms with Gasteiger partial charge in [-0.3, -0.25) is 9.78 Å². The Kier molecular flexibility index (Phi) is 14.4. The fourth-order valence-electron chi connectivity index (χ4n) is 1.23. The van der Waals surface area contributed by atoms with Gasteiger partial charge >= 0.3 is 0 Å². The molecule has 3 heteroatoms. The van der Waals surface area contributed by atoms with Crippen molar-refractivity contribution in [1.29, 1.82) is 0 Å². The van der Waals surface area contributed by atoms with Crippen molar-refractivity contribution >= 4 is 5.91 Å². The molecular weight excluding hydrogens is 224 g/mol. The van der Waals surface area contributed by atoms with Gasteiger partial charge in [0.2, 0.25) is 5.91 Å². The summed E-state index contributed by atoms with van der Waals surface area (Å²) >= 11 is 0. The molecule has 0 spiro atoms. The van der Waals surface area contributed by atoms with E-state index >= 15 is 0 Å². The molecule has 0 saturated carbocycles. The number of carbonyl (C=O) groups is 1. The molecular formula is C15H28N2O. The Labute approximate surface area is 112 Å². The smallest absolute Gasteiger partial charge is 0.220 e. The lowest BCUT2D eigenvalue weighted by molar-refractivity contribution is -0.120. The SMILES string of the molecule is CC.CC.CCc1cccc(CCC(=O)NC)n1. The van der Waals surface area contributed by atoms with Crippen LogP contribution in [-0.4, -0.2) is 17.9 Å². The van der Waals surface area contributed by atoms with Crippen LogP contribution in [0.1, 0.15) is 52.4 Å². The number of rotatable bonds is 4. The van der Waals surface area contributed by atoms with Gasteiger partial charge in [0.05, 0.1) is 0 Å². The zero-order valence-corrected chi connectivity index (χ0v) is 12.7. The second kappa shape index (κ2) is 13.7. The molecule has 0 unspecified atom stereocenters. The van der Waals surface area contributed by atoms with Crippen LogP contribution in [0.5, 0.6) is 0 Å². The van der Waals surface area contributed by atoms with Gasteiger partial charge < -0.3 is 5.32 Å². The first-order valence-corrected chi connectivity index (χ1v) is 6.91. The van der Waals surface area contributed by atoms with Gasteiger partial charge in [0.1, 0.15) is 0 Å². The highest BCUT2D eigenvalue weighted by atomic mass is 16.1. The average molecular weight is 252 g/mol. The van der Waals surface area contributed by atoms with Gasteiger partial charge in [-0.05, 0) is 25.0 Å².